The van der Waals surface area contributed by atoms with Crippen molar-refractivity contribution in [3.05, 3.63) is 83.4 Å². The Bertz CT molecular complexity index is 1620. The molecule has 0 radical (unpaired) electrons. The van der Waals surface area contributed by atoms with Crippen LogP contribution in [-0.2, 0) is 6.54 Å². The molecule has 4 aromatic heterocycles. The SMILES string of the molecule is CCn1c(=O)c(-c2ccc(-c3ccccn3)s2)cc2cnc(Nc3ccc(N4CCN(C)CC4)cc3)nc21. The predicted octanol–water partition coefficient (Wildman–Crippen LogP) is 5.10. The third-order valence-electron chi connectivity index (χ3n) is 6.92. The quantitative estimate of drug-likeness (QED) is 0.332. The van der Waals surface area contributed by atoms with Crippen LogP contribution in [0.2, 0.25) is 0 Å². The lowest BCUT2D eigenvalue weighted by molar-refractivity contribution is 0.313. The highest BCUT2D eigenvalue weighted by atomic mass is 32.1. The maximum Gasteiger partial charge on any atom is 0.260 e. The van der Waals surface area contributed by atoms with Crippen LogP contribution in [0, 0.1) is 0 Å². The van der Waals surface area contributed by atoms with E-state index < -0.39 is 0 Å². The second-order valence-electron chi connectivity index (χ2n) is 9.42. The Labute approximate surface area is 225 Å². The molecule has 8 nitrogen and oxygen atoms in total. The Hall–Kier alpha value is -4.08. The zero-order chi connectivity index (χ0) is 26.1. The van der Waals surface area contributed by atoms with Crippen LogP contribution in [-0.4, -0.2) is 57.6 Å². The van der Waals surface area contributed by atoms with Crippen molar-refractivity contribution in [3.8, 4) is 21.0 Å². The van der Waals surface area contributed by atoms with Crippen molar-refractivity contribution in [1.29, 1.82) is 0 Å². The monoisotopic (exact) mass is 523 g/mol. The zero-order valence-electron chi connectivity index (χ0n) is 21.5. The summed E-state index contributed by atoms with van der Waals surface area (Å²) >= 11 is 1.56. The summed E-state index contributed by atoms with van der Waals surface area (Å²) in [7, 11) is 2.16. The van der Waals surface area contributed by atoms with Gasteiger partial charge in [-0.05, 0) is 68.6 Å². The number of hydrogen-bond donors (Lipinski definition) is 1. The molecule has 1 fully saturated rings. The van der Waals surface area contributed by atoms with Gasteiger partial charge in [0.15, 0.2) is 0 Å². The molecule has 9 heteroatoms. The first-order valence-corrected chi connectivity index (χ1v) is 13.6. The van der Waals surface area contributed by atoms with Crippen LogP contribution < -0.4 is 15.8 Å². The molecule has 1 aliphatic heterocycles. The number of pyridine rings is 2. The van der Waals surface area contributed by atoms with Crippen LogP contribution >= 0.6 is 11.3 Å². The minimum absolute atomic E-state index is 0.0596. The highest BCUT2D eigenvalue weighted by Crippen LogP contribution is 2.33. The van der Waals surface area contributed by atoms with Crippen molar-refractivity contribution in [2.45, 2.75) is 13.5 Å². The molecule has 192 valence electrons. The lowest BCUT2D eigenvalue weighted by atomic mass is 10.2. The van der Waals surface area contributed by atoms with E-state index in [1.807, 2.05) is 55.5 Å². The number of rotatable bonds is 6. The minimum Gasteiger partial charge on any atom is -0.369 e. The lowest BCUT2D eigenvalue weighted by Crippen LogP contribution is -2.44. The van der Waals surface area contributed by atoms with E-state index in [9.17, 15) is 4.79 Å². The molecule has 1 aromatic carbocycles. The van der Waals surface area contributed by atoms with Gasteiger partial charge in [-0.25, -0.2) is 4.98 Å². The molecule has 0 aliphatic carbocycles. The van der Waals surface area contributed by atoms with Gasteiger partial charge in [0.05, 0.1) is 16.1 Å². The zero-order valence-corrected chi connectivity index (χ0v) is 22.3. The molecular formula is C29H29N7OS. The number of likely N-dealkylation sites (N-methyl/N-ethyl adjacent to an activating group) is 1. The molecule has 5 aromatic rings. The van der Waals surface area contributed by atoms with E-state index in [1.54, 1.807) is 28.3 Å². The summed E-state index contributed by atoms with van der Waals surface area (Å²) in [4.78, 5) is 33.9. The molecule has 1 N–H and O–H groups in total. The summed E-state index contributed by atoms with van der Waals surface area (Å²) < 4.78 is 1.72. The van der Waals surface area contributed by atoms with E-state index in [0.717, 1.165) is 52.7 Å². The normalized spacial score (nSPS) is 14.2. The largest absolute Gasteiger partial charge is 0.369 e. The number of benzene rings is 1. The van der Waals surface area contributed by atoms with Crippen LogP contribution in [0.3, 0.4) is 0 Å². The molecular weight excluding hydrogens is 494 g/mol. The van der Waals surface area contributed by atoms with Gasteiger partial charge in [0.2, 0.25) is 5.95 Å². The second-order valence-corrected chi connectivity index (χ2v) is 10.5. The Morgan fingerprint density at radius 1 is 0.947 bits per heavy atom. The highest BCUT2D eigenvalue weighted by Gasteiger charge is 2.16. The average molecular weight is 524 g/mol. The molecule has 5 heterocycles. The molecule has 0 saturated carbocycles. The van der Waals surface area contributed by atoms with Crippen molar-refractivity contribution in [1.82, 2.24) is 24.4 Å². The summed E-state index contributed by atoms with van der Waals surface area (Å²) in [6.45, 7) is 6.68. The number of fused-ring (bicyclic) bond motifs is 1. The smallest absolute Gasteiger partial charge is 0.260 e. The number of aromatic nitrogens is 4. The molecule has 0 bridgehead atoms. The summed E-state index contributed by atoms with van der Waals surface area (Å²) in [6, 6.07) is 20.1. The molecule has 38 heavy (non-hydrogen) atoms. The van der Waals surface area contributed by atoms with Crippen molar-refractivity contribution >= 4 is 39.7 Å². The predicted molar refractivity (Wildman–Crippen MR) is 155 cm³/mol. The van der Waals surface area contributed by atoms with Gasteiger partial charge in [-0.15, -0.1) is 11.3 Å². The fraction of sp³-hybridized carbons (Fsp3) is 0.241. The van der Waals surface area contributed by atoms with E-state index >= 15 is 0 Å². The number of aryl methyl sites for hydroxylation is 1. The number of thiophene rings is 1. The molecule has 0 spiro atoms. The van der Waals surface area contributed by atoms with Gasteiger partial charge in [-0.2, -0.15) is 4.98 Å². The molecule has 0 unspecified atom stereocenters. The number of anilines is 3. The Kier molecular flexibility index (Phi) is 6.61. The van der Waals surface area contributed by atoms with Crippen LogP contribution in [0.5, 0.6) is 0 Å². The first kappa shape index (κ1) is 24.3. The molecule has 0 atom stereocenters. The van der Waals surface area contributed by atoms with E-state index in [4.69, 9.17) is 4.98 Å². The summed E-state index contributed by atoms with van der Waals surface area (Å²) in [5.41, 5.74) is 4.23. The second kappa shape index (κ2) is 10.4. The third kappa shape index (κ3) is 4.78. The fourth-order valence-electron chi connectivity index (χ4n) is 4.77. The maximum atomic E-state index is 13.5. The van der Waals surface area contributed by atoms with Crippen LogP contribution in [0.1, 0.15) is 6.92 Å². The topological polar surface area (TPSA) is 79.2 Å². The van der Waals surface area contributed by atoms with Gasteiger partial charge in [-0.1, -0.05) is 6.07 Å². The van der Waals surface area contributed by atoms with Crippen molar-refractivity contribution in [3.63, 3.8) is 0 Å². The van der Waals surface area contributed by atoms with Crippen LogP contribution in [0.25, 0.3) is 32.0 Å². The van der Waals surface area contributed by atoms with Crippen LogP contribution in [0.4, 0.5) is 17.3 Å². The van der Waals surface area contributed by atoms with Crippen LogP contribution in [0.15, 0.2) is 77.9 Å². The lowest BCUT2D eigenvalue weighted by Gasteiger charge is -2.34. The van der Waals surface area contributed by atoms with Gasteiger partial charge >= 0.3 is 0 Å². The average Bonchev–Trinajstić information content (AvgIpc) is 3.44. The van der Waals surface area contributed by atoms with Crippen molar-refractivity contribution in [2.75, 3.05) is 43.4 Å². The first-order chi connectivity index (χ1) is 18.6. The maximum absolute atomic E-state index is 13.5. The highest BCUT2D eigenvalue weighted by molar-refractivity contribution is 7.18. The number of piperazine rings is 1. The van der Waals surface area contributed by atoms with Gasteiger partial charge < -0.3 is 15.1 Å². The Morgan fingerprint density at radius 2 is 1.74 bits per heavy atom. The van der Waals surface area contributed by atoms with Crippen molar-refractivity contribution < 1.29 is 0 Å². The number of nitrogens with one attached hydrogen (secondary N) is 1. The molecule has 6 rings (SSSR count). The van der Waals surface area contributed by atoms with E-state index in [-0.39, 0.29) is 5.56 Å². The van der Waals surface area contributed by atoms with Crippen molar-refractivity contribution in [2.24, 2.45) is 0 Å². The standard InChI is InChI=1S/C29H29N7OS/c1-3-36-27-20(18-23(28(36)37)25-11-12-26(38-25)24-6-4-5-13-30-24)19-31-29(33-27)32-21-7-9-22(10-8-21)35-16-14-34(2)15-17-35/h4-13,18-19H,3,14-17H2,1-2H3,(H,31,32,33). The van der Waals surface area contributed by atoms with Gasteiger partial charge in [0.25, 0.3) is 5.56 Å². The summed E-state index contributed by atoms with van der Waals surface area (Å²) in [5.74, 6) is 0.466. The van der Waals surface area contributed by atoms with Gasteiger partial charge in [0, 0.05) is 66.8 Å². The fourth-order valence-corrected chi connectivity index (χ4v) is 5.76. The Balaban J connectivity index is 1.27. The van der Waals surface area contributed by atoms with E-state index in [2.05, 4.69) is 44.3 Å². The van der Waals surface area contributed by atoms with Gasteiger partial charge in [-0.3, -0.25) is 14.3 Å². The molecule has 1 aliphatic rings. The van der Waals surface area contributed by atoms with E-state index in [0.29, 0.717) is 23.7 Å². The van der Waals surface area contributed by atoms with Gasteiger partial charge in [0.1, 0.15) is 5.65 Å². The summed E-state index contributed by atoms with van der Waals surface area (Å²) in [6.07, 6.45) is 3.56. The van der Waals surface area contributed by atoms with E-state index in [1.165, 1.54) is 5.69 Å². The Morgan fingerprint density at radius 3 is 2.47 bits per heavy atom. The number of nitrogens with zero attached hydrogens (tertiary/aromatic N) is 6. The summed E-state index contributed by atoms with van der Waals surface area (Å²) in [5, 5.41) is 4.13. The first-order valence-electron chi connectivity index (χ1n) is 12.8. The third-order valence-corrected chi connectivity index (χ3v) is 8.06. The molecule has 0 amide bonds. The number of hydrogen-bond acceptors (Lipinski definition) is 8. The minimum atomic E-state index is -0.0596. The molecule has 1 saturated heterocycles.